The molecule has 2 N–H and O–H groups in total. The summed E-state index contributed by atoms with van der Waals surface area (Å²) >= 11 is 1.50. The zero-order chi connectivity index (χ0) is 15.4. The summed E-state index contributed by atoms with van der Waals surface area (Å²) in [6.07, 6.45) is 2.95. The minimum atomic E-state index is -0.510. The number of benzene rings is 1. The van der Waals surface area contributed by atoms with Crippen molar-refractivity contribution in [3.63, 3.8) is 0 Å². The summed E-state index contributed by atoms with van der Waals surface area (Å²) in [6.45, 7) is 0. The molecule has 2 aromatic rings. The van der Waals surface area contributed by atoms with Crippen LogP contribution < -0.4 is 5.56 Å². The fraction of sp³-hybridized carbons (Fsp3) is 0.167. The van der Waals surface area contributed by atoms with Gasteiger partial charge in [0.25, 0.3) is 11.2 Å². The van der Waals surface area contributed by atoms with Gasteiger partial charge in [-0.2, -0.15) is 11.8 Å². The van der Waals surface area contributed by atoms with Crippen molar-refractivity contribution in [2.45, 2.75) is 5.75 Å². The van der Waals surface area contributed by atoms with Gasteiger partial charge in [-0.1, -0.05) is 5.16 Å². The van der Waals surface area contributed by atoms with Gasteiger partial charge in [-0.25, -0.2) is 4.68 Å². The number of hydrogen-bond acceptors (Lipinski definition) is 6. The largest absolute Gasteiger partial charge is 0.411 e. The van der Waals surface area contributed by atoms with Gasteiger partial charge < -0.3 is 5.21 Å². The van der Waals surface area contributed by atoms with Crippen molar-refractivity contribution in [3.05, 3.63) is 56.0 Å². The van der Waals surface area contributed by atoms with Crippen molar-refractivity contribution in [1.29, 1.82) is 0 Å². The molecule has 0 fully saturated rings. The van der Waals surface area contributed by atoms with Gasteiger partial charge >= 0.3 is 0 Å². The molecule has 0 amide bonds. The number of H-pyrrole nitrogens is 1. The second-order valence-corrected chi connectivity index (χ2v) is 4.96. The summed E-state index contributed by atoms with van der Waals surface area (Å²) in [5.74, 6) is 0.538. The number of non-ortho nitro benzene ring substituents is 1. The molecule has 0 aliphatic heterocycles. The smallest absolute Gasteiger partial charge is 0.280 e. The number of nitro benzene ring substituents is 1. The maximum absolute atomic E-state index is 12.3. The highest BCUT2D eigenvalue weighted by Crippen LogP contribution is 2.15. The third-order valence-electron chi connectivity index (χ3n) is 2.80. The normalized spacial score (nSPS) is 11.1. The molecule has 0 aliphatic carbocycles. The number of aromatic amines is 1. The number of aromatic nitrogens is 2. The minimum Gasteiger partial charge on any atom is -0.411 e. The number of thioether (sulfide) groups is 1. The second kappa shape index (κ2) is 6.27. The fourth-order valence-corrected chi connectivity index (χ4v) is 2.35. The molecule has 1 aromatic carbocycles. The first-order valence-corrected chi connectivity index (χ1v) is 7.23. The Morgan fingerprint density at radius 2 is 2.14 bits per heavy atom. The molecule has 1 heterocycles. The molecule has 0 radical (unpaired) electrons. The van der Waals surface area contributed by atoms with E-state index in [1.165, 1.54) is 40.7 Å². The third-order valence-corrected chi connectivity index (χ3v) is 3.38. The van der Waals surface area contributed by atoms with E-state index in [9.17, 15) is 14.9 Å². The molecule has 21 heavy (non-hydrogen) atoms. The molecule has 0 spiro atoms. The summed E-state index contributed by atoms with van der Waals surface area (Å²) in [7, 11) is 0. The number of rotatable bonds is 5. The van der Waals surface area contributed by atoms with Gasteiger partial charge in [-0.05, 0) is 18.4 Å². The average Bonchev–Trinajstić information content (AvgIpc) is 2.77. The average molecular weight is 308 g/mol. The van der Waals surface area contributed by atoms with E-state index in [1.807, 2.05) is 6.26 Å². The predicted molar refractivity (Wildman–Crippen MR) is 79.6 cm³/mol. The molecule has 0 saturated heterocycles. The van der Waals surface area contributed by atoms with E-state index in [0.29, 0.717) is 17.1 Å². The fourth-order valence-electron chi connectivity index (χ4n) is 1.85. The Balaban J connectivity index is 2.51. The first kappa shape index (κ1) is 14.9. The second-order valence-electron chi connectivity index (χ2n) is 4.10. The molecular formula is C12H12N4O4S. The summed E-state index contributed by atoms with van der Waals surface area (Å²) in [6, 6.07) is 5.57. The van der Waals surface area contributed by atoms with E-state index in [1.54, 1.807) is 0 Å². The van der Waals surface area contributed by atoms with Crippen LogP contribution in [0.4, 0.5) is 5.69 Å². The molecule has 0 aliphatic rings. The van der Waals surface area contributed by atoms with Crippen molar-refractivity contribution in [3.8, 4) is 5.69 Å². The van der Waals surface area contributed by atoms with E-state index < -0.39 is 4.92 Å². The van der Waals surface area contributed by atoms with Crippen molar-refractivity contribution >= 4 is 23.7 Å². The van der Waals surface area contributed by atoms with Crippen LogP contribution in [0.3, 0.4) is 0 Å². The number of oxime groups is 1. The van der Waals surface area contributed by atoms with Crippen molar-refractivity contribution in [2.24, 2.45) is 5.16 Å². The number of nitrogens with one attached hydrogen (secondary N) is 1. The van der Waals surface area contributed by atoms with Gasteiger partial charge in [0.05, 0.1) is 28.1 Å². The van der Waals surface area contributed by atoms with Gasteiger partial charge in [0.1, 0.15) is 0 Å². The highest BCUT2D eigenvalue weighted by atomic mass is 32.2. The van der Waals surface area contributed by atoms with Gasteiger partial charge in [-0.15, -0.1) is 0 Å². The van der Waals surface area contributed by atoms with Crippen LogP contribution in [0.25, 0.3) is 5.69 Å². The van der Waals surface area contributed by atoms with Crippen molar-refractivity contribution < 1.29 is 10.1 Å². The molecule has 9 heteroatoms. The van der Waals surface area contributed by atoms with E-state index in [0.717, 1.165) is 6.21 Å². The first-order valence-electron chi connectivity index (χ1n) is 5.83. The Kier molecular flexibility index (Phi) is 4.43. The van der Waals surface area contributed by atoms with Crippen molar-refractivity contribution in [1.82, 2.24) is 9.78 Å². The number of nitro groups is 1. The minimum absolute atomic E-state index is 0.0557. The lowest BCUT2D eigenvalue weighted by atomic mass is 10.2. The topological polar surface area (TPSA) is 114 Å². The number of hydrogen-bond donors (Lipinski definition) is 2. The Bertz CT molecular complexity index is 733. The Labute approximate surface area is 123 Å². The van der Waals surface area contributed by atoms with Crippen LogP contribution in [-0.2, 0) is 5.75 Å². The van der Waals surface area contributed by atoms with E-state index in [-0.39, 0.29) is 16.8 Å². The molecular weight excluding hydrogens is 296 g/mol. The van der Waals surface area contributed by atoms with E-state index in [4.69, 9.17) is 5.21 Å². The SMILES string of the molecule is CSCc1[nH]n(-c2ccc([N+](=O)[O-])cc2)c(=O)c1C=NO. The Hall–Kier alpha value is -2.55. The predicted octanol–water partition coefficient (Wildman–Crippen LogP) is 1.74. The molecule has 0 unspecified atom stereocenters. The van der Waals surface area contributed by atoms with Gasteiger partial charge in [0.2, 0.25) is 0 Å². The molecule has 0 saturated carbocycles. The maximum Gasteiger partial charge on any atom is 0.280 e. The zero-order valence-corrected chi connectivity index (χ0v) is 11.8. The monoisotopic (exact) mass is 308 g/mol. The summed E-state index contributed by atoms with van der Waals surface area (Å²) in [4.78, 5) is 22.4. The van der Waals surface area contributed by atoms with Gasteiger partial charge in [0, 0.05) is 17.9 Å². The van der Waals surface area contributed by atoms with Gasteiger partial charge in [0.15, 0.2) is 0 Å². The molecule has 110 valence electrons. The highest BCUT2D eigenvalue weighted by Gasteiger charge is 2.14. The van der Waals surface area contributed by atoms with Crippen LogP contribution in [0.15, 0.2) is 34.2 Å². The lowest BCUT2D eigenvalue weighted by molar-refractivity contribution is -0.384. The summed E-state index contributed by atoms with van der Waals surface area (Å²) in [5, 5.41) is 25.1. The quantitative estimate of drug-likeness (QED) is 0.378. The van der Waals surface area contributed by atoms with Crippen molar-refractivity contribution in [2.75, 3.05) is 6.26 Å². The van der Waals surface area contributed by atoms with E-state index >= 15 is 0 Å². The Morgan fingerprint density at radius 3 is 2.67 bits per heavy atom. The van der Waals surface area contributed by atoms with Crippen LogP contribution in [-0.4, -0.2) is 32.4 Å². The lowest BCUT2D eigenvalue weighted by Crippen LogP contribution is -2.17. The summed E-state index contributed by atoms with van der Waals surface area (Å²) < 4.78 is 1.26. The lowest BCUT2D eigenvalue weighted by Gasteiger charge is -2.01. The van der Waals surface area contributed by atoms with Gasteiger partial charge in [-0.3, -0.25) is 20.0 Å². The molecule has 2 rings (SSSR count). The molecule has 8 nitrogen and oxygen atoms in total. The molecule has 0 bridgehead atoms. The van der Waals surface area contributed by atoms with E-state index in [2.05, 4.69) is 10.3 Å². The highest BCUT2D eigenvalue weighted by molar-refractivity contribution is 7.97. The van der Waals surface area contributed by atoms with Crippen LogP contribution >= 0.6 is 11.8 Å². The van der Waals surface area contributed by atoms with Crippen LogP contribution in [0.2, 0.25) is 0 Å². The maximum atomic E-state index is 12.3. The number of nitrogens with zero attached hydrogens (tertiary/aromatic N) is 3. The van der Waals surface area contributed by atoms with Crippen LogP contribution in [0, 0.1) is 10.1 Å². The standard InChI is InChI=1S/C12H12N4O4S/c1-21-7-11-10(6-13-18)12(17)15(14-11)8-2-4-9(5-3-8)16(19)20/h2-6,14,18H,7H2,1H3. The first-order chi connectivity index (χ1) is 10.1. The Morgan fingerprint density at radius 1 is 1.48 bits per heavy atom. The summed E-state index contributed by atoms with van der Waals surface area (Å²) in [5.41, 5.74) is 0.893. The van der Waals surface area contributed by atoms with Crippen LogP contribution in [0.5, 0.6) is 0 Å². The zero-order valence-electron chi connectivity index (χ0n) is 11.0. The third kappa shape index (κ3) is 2.97. The van der Waals surface area contributed by atoms with Crippen LogP contribution in [0.1, 0.15) is 11.3 Å². The molecule has 0 atom stereocenters. The molecule has 1 aromatic heterocycles.